The van der Waals surface area contributed by atoms with Crippen molar-refractivity contribution in [2.75, 3.05) is 6.54 Å². The summed E-state index contributed by atoms with van der Waals surface area (Å²) in [5, 5.41) is 2.98. The van der Waals surface area contributed by atoms with Gasteiger partial charge in [-0.3, -0.25) is 13.9 Å². The molecule has 3 N–H and O–H groups in total. The summed E-state index contributed by atoms with van der Waals surface area (Å²) in [5.41, 5.74) is 6.78. The van der Waals surface area contributed by atoms with Crippen molar-refractivity contribution in [2.45, 2.75) is 46.3 Å². The minimum atomic E-state index is -0.482. The van der Waals surface area contributed by atoms with Gasteiger partial charge in [-0.05, 0) is 31.9 Å². The number of imidazole rings is 1. The summed E-state index contributed by atoms with van der Waals surface area (Å²) in [5.74, 6) is -0.00193. The second-order valence-corrected chi connectivity index (χ2v) is 6.43. The van der Waals surface area contributed by atoms with Crippen LogP contribution in [-0.2, 0) is 17.9 Å². The van der Waals surface area contributed by atoms with Crippen LogP contribution in [0, 0.1) is 5.92 Å². The standard InChI is InChI=1S/C17H26N4O2.ClH/c1-5-20-13-8-6-7-9-14(13)21(16(20)23)10-15(22)19-17(4,11-18)12(2)3;/h6-9,12H,5,10-11,18H2,1-4H3,(H,19,22);1H. The van der Waals surface area contributed by atoms with E-state index < -0.39 is 5.54 Å². The van der Waals surface area contributed by atoms with E-state index in [1.165, 1.54) is 4.57 Å². The molecule has 1 aromatic heterocycles. The highest BCUT2D eigenvalue weighted by Gasteiger charge is 2.29. The number of hydrogen-bond acceptors (Lipinski definition) is 3. The number of nitrogens with zero attached hydrogens (tertiary/aromatic N) is 2. The third-order valence-electron chi connectivity index (χ3n) is 4.67. The monoisotopic (exact) mass is 354 g/mol. The van der Waals surface area contributed by atoms with E-state index in [0.717, 1.165) is 11.0 Å². The quantitative estimate of drug-likeness (QED) is 0.828. The summed E-state index contributed by atoms with van der Waals surface area (Å²) in [6.07, 6.45) is 0. The van der Waals surface area contributed by atoms with Gasteiger partial charge in [0.15, 0.2) is 0 Å². The molecule has 7 heteroatoms. The molecule has 24 heavy (non-hydrogen) atoms. The molecule has 0 radical (unpaired) electrons. The van der Waals surface area contributed by atoms with Gasteiger partial charge in [0.05, 0.1) is 16.6 Å². The van der Waals surface area contributed by atoms with E-state index in [-0.39, 0.29) is 36.5 Å². The molecule has 1 atom stereocenters. The fourth-order valence-electron chi connectivity index (χ4n) is 2.66. The number of carbonyl (C=O) groups excluding carboxylic acids is 1. The highest BCUT2D eigenvalue weighted by Crippen LogP contribution is 2.16. The highest BCUT2D eigenvalue weighted by atomic mass is 35.5. The predicted octanol–water partition coefficient (Wildman–Crippen LogP) is 1.73. The van der Waals surface area contributed by atoms with Crippen LogP contribution in [0.3, 0.4) is 0 Å². The van der Waals surface area contributed by atoms with Gasteiger partial charge in [-0.25, -0.2) is 4.79 Å². The van der Waals surface area contributed by atoms with Crippen LogP contribution in [-0.4, -0.2) is 27.1 Å². The average molecular weight is 355 g/mol. The summed E-state index contributed by atoms with van der Waals surface area (Å²) in [7, 11) is 0. The van der Waals surface area contributed by atoms with E-state index in [1.54, 1.807) is 4.57 Å². The molecule has 0 saturated heterocycles. The van der Waals surface area contributed by atoms with Crippen molar-refractivity contribution >= 4 is 29.3 Å². The predicted molar refractivity (Wildman–Crippen MR) is 99.6 cm³/mol. The first-order valence-corrected chi connectivity index (χ1v) is 8.03. The third kappa shape index (κ3) is 3.65. The number of aromatic nitrogens is 2. The zero-order chi connectivity index (χ0) is 17.2. The zero-order valence-electron chi connectivity index (χ0n) is 14.7. The molecule has 0 fully saturated rings. The average Bonchev–Trinajstić information content (AvgIpc) is 2.79. The Labute approximate surface area is 148 Å². The zero-order valence-corrected chi connectivity index (χ0v) is 15.5. The second kappa shape index (κ2) is 7.85. The van der Waals surface area contributed by atoms with E-state index in [2.05, 4.69) is 5.32 Å². The van der Waals surface area contributed by atoms with Crippen molar-refractivity contribution in [1.29, 1.82) is 0 Å². The van der Waals surface area contributed by atoms with Crippen LogP contribution in [0.15, 0.2) is 29.1 Å². The Morgan fingerprint density at radius 2 is 1.79 bits per heavy atom. The molecule has 2 aromatic rings. The fourth-order valence-corrected chi connectivity index (χ4v) is 2.66. The summed E-state index contributed by atoms with van der Waals surface area (Å²) in [4.78, 5) is 25.0. The van der Waals surface area contributed by atoms with Crippen molar-refractivity contribution in [2.24, 2.45) is 11.7 Å². The van der Waals surface area contributed by atoms with Gasteiger partial charge < -0.3 is 11.1 Å². The molecule has 1 amide bonds. The number of rotatable bonds is 6. The lowest BCUT2D eigenvalue weighted by atomic mass is 9.88. The Morgan fingerprint density at radius 3 is 2.25 bits per heavy atom. The number of hydrogen-bond donors (Lipinski definition) is 2. The molecular formula is C17H27ClN4O2. The highest BCUT2D eigenvalue weighted by molar-refractivity contribution is 5.85. The van der Waals surface area contributed by atoms with Crippen LogP contribution in [0.2, 0.25) is 0 Å². The van der Waals surface area contributed by atoms with Crippen molar-refractivity contribution in [3.63, 3.8) is 0 Å². The summed E-state index contributed by atoms with van der Waals surface area (Å²) >= 11 is 0. The van der Waals surface area contributed by atoms with E-state index in [1.807, 2.05) is 52.0 Å². The molecule has 0 aliphatic heterocycles. The lowest BCUT2D eigenvalue weighted by Crippen LogP contribution is -2.56. The normalized spacial score (nSPS) is 13.6. The Morgan fingerprint density at radius 1 is 1.25 bits per heavy atom. The number of nitrogens with two attached hydrogens (primary N) is 1. The van der Waals surface area contributed by atoms with Crippen molar-refractivity contribution in [3.05, 3.63) is 34.7 Å². The van der Waals surface area contributed by atoms with Crippen LogP contribution in [0.4, 0.5) is 0 Å². The number of amides is 1. The molecule has 2 rings (SSSR count). The minimum absolute atomic E-state index is 0. The van der Waals surface area contributed by atoms with Gasteiger partial charge in [-0.15, -0.1) is 12.4 Å². The molecule has 1 heterocycles. The van der Waals surface area contributed by atoms with Crippen molar-refractivity contribution < 1.29 is 4.79 Å². The molecule has 1 unspecified atom stereocenters. The van der Waals surface area contributed by atoms with E-state index in [0.29, 0.717) is 13.1 Å². The Bertz CT molecular complexity index is 766. The molecular weight excluding hydrogens is 328 g/mol. The van der Waals surface area contributed by atoms with Gasteiger partial charge in [0.2, 0.25) is 5.91 Å². The molecule has 0 bridgehead atoms. The number of halogens is 1. The summed E-state index contributed by atoms with van der Waals surface area (Å²) in [6.45, 7) is 8.79. The number of nitrogens with one attached hydrogen (secondary N) is 1. The van der Waals surface area contributed by atoms with Crippen LogP contribution in [0.25, 0.3) is 11.0 Å². The van der Waals surface area contributed by atoms with Crippen molar-refractivity contribution in [3.8, 4) is 0 Å². The molecule has 0 saturated carbocycles. The number of fused-ring (bicyclic) bond motifs is 1. The lowest BCUT2D eigenvalue weighted by molar-refractivity contribution is -0.123. The molecule has 1 aromatic carbocycles. The van der Waals surface area contributed by atoms with E-state index >= 15 is 0 Å². The third-order valence-corrected chi connectivity index (χ3v) is 4.67. The van der Waals surface area contributed by atoms with Gasteiger partial charge in [0.1, 0.15) is 6.54 Å². The Balaban J connectivity index is 0.00000288. The second-order valence-electron chi connectivity index (χ2n) is 6.43. The molecule has 6 nitrogen and oxygen atoms in total. The first-order chi connectivity index (χ1) is 10.8. The van der Waals surface area contributed by atoms with Gasteiger partial charge in [-0.1, -0.05) is 26.0 Å². The number of para-hydroxylation sites is 2. The van der Waals surface area contributed by atoms with Gasteiger partial charge in [-0.2, -0.15) is 0 Å². The summed E-state index contributed by atoms with van der Waals surface area (Å²) < 4.78 is 3.19. The molecule has 0 aliphatic carbocycles. The maximum Gasteiger partial charge on any atom is 0.329 e. The first-order valence-electron chi connectivity index (χ1n) is 8.03. The minimum Gasteiger partial charge on any atom is -0.348 e. The van der Waals surface area contributed by atoms with Crippen LogP contribution < -0.4 is 16.7 Å². The molecule has 0 spiro atoms. The maximum absolute atomic E-state index is 12.5. The number of aryl methyl sites for hydroxylation is 1. The van der Waals surface area contributed by atoms with Crippen LogP contribution in [0.1, 0.15) is 27.7 Å². The van der Waals surface area contributed by atoms with Crippen molar-refractivity contribution in [1.82, 2.24) is 14.5 Å². The Hall–Kier alpha value is -1.79. The summed E-state index contributed by atoms with van der Waals surface area (Å²) in [6, 6.07) is 7.52. The van der Waals surface area contributed by atoms with Gasteiger partial charge >= 0.3 is 5.69 Å². The molecule has 0 aliphatic rings. The Kier molecular flexibility index (Phi) is 6.63. The maximum atomic E-state index is 12.5. The van der Waals surface area contributed by atoms with Gasteiger partial charge in [0, 0.05) is 13.1 Å². The smallest absolute Gasteiger partial charge is 0.329 e. The first kappa shape index (κ1) is 20.3. The van der Waals surface area contributed by atoms with Crippen LogP contribution in [0.5, 0.6) is 0 Å². The topological polar surface area (TPSA) is 82.0 Å². The van der Waals surface area contributed by atoms with Crippen LogP contribution >= 0.6 is 12.4 Å². The lowest BCUT2D eigenvalue weighted by Gasteiger charge is -2.33. The fraction of sp³-hybridized carbons (Fsp3) is 0.529. The van der Waals surface area contributed by atoms with E-state index in [9.17, 15) is 9.59 Å². The molecule has 134 valence electrons. The van der Waals surface area contributed by atoms with Gasteiger partial charge in [0.25, 0.3) is 0 Å². The number of carbonyl (C=O) groups is 1. The SMILES string of the molecule is CCn1c(=O)n(CC(=O)NC(C)(CN)C(C)C)c2ccccc21.Cl. The number of benzene rings is 1. The largest absolute Gasteiger partial charge is 0.348 e. The van der Waals surface area contributed by atoms with E-state index in [4.69, 9.17) is 5.73 Å².